The maximum atomic E-state index is 10.9. The minimum absolute atomic E-state index is 0.108. The minimum atomic E-state index is -1.10. The van der Waals surface area contributed by atoms with Crippen LogP contribution in [0.15, 0.2) is 18.2 Å². The lowest BCUT2D eigenvalue weighted by molar-refractivity contribution is -0.384. The lowest BCUT2D eigenvalue weighted by Crippen LogP contribution is -2.21. The van der Waals surface area contributed by atoms with Crippen LogP contribution in [-0.4, -0.2) is 29.7 Å². The summed E-state index contributed by atoms with van der Waals surface area (Å²) in [5, 5.41) is 19.5. The molecule has 0 aromatic heterocycles. The molecule has 0 aliphatic carbocycles. The number of hydrogen-bond acceptors (Lipinski definition) is 5. The van der Waals surface area contributed by atoms with E-state index < -0.39 is 16.8 Å². The maximum Gasteiger partial charge on any atom is 0.312 e. The Balaban J connectivity index is 3.24. The fourth-order valence-corrected chi connectivity index (χ4v) is 1.46. The summed E-state index contributed by atoms with van der Waals surface area (Å²) < 4.78 is 4.95. The molecule has 7 heteroatoms. The highest BCUT2D eigenvalue weighted by molar-refractivity contribution is 5.77. The Morgan fingerprint density at radius 2 is 2.29 bits per heavy atom. The average molecular weight is 240 g/mol. The van der Waals surface area contributed by atoms with Gasteiger partial charge in [0.15, 0.2) is 0 Å². The Kier molecular flexibility index (Phi) is 4.00. The summed E-state index contributed by atoms with van der Waals surface area (Å²) in [4.78, 5) is 20.9. The smallest absolute Gasteiger partial charge is 0.312 e. The van der Waals surface area contributed by atoms with Gasteiger partial charge >= 0.3 is 5.97 Å². The van der Waals surface area contributed by atoms with Crippen LogP contribution >= 0.6 is 0 Å². The molecule has 0 heterocycles. The van der Waals surface area contributed by atoms with Crippen LogP contribution in [0.1, 0.15) is 11.5 Å². The van der Waals surface area contributed by atoms with E-state index in [1.807, 2.05) is 0 Å². The number of carboxylic acids is 1. The molecule has 17 heavy (non-hydrogen) atoms. The molecule has 1 aromatic carbocycles. The largest absolute Gasteiger partial charge is 0.496 e. The van der Waals surface area contributed by atoms with Gasteiger partial charge in [0.05, 0.1) is 24.0 Å². The predicted molar refractivity (Wildman–Crippen MR) is 59.1 cm³/mol. The first-order chi connectivity index (χ1) is 8.01. The molecule has 1 atom stereocenters. The van der Waals surface area contributed by atoms with Crippen LogP contribution in [0.4, 0.5) is 5.69 Å². The molecule has 0 aliphatic rings. The van der Waals surface area contributed by atoms with E-state index in [-0.39, 0.29) is 18.0 Å². The fourth-order valence-electron chi connectivity index (χ4n) is 1.46. The number of carbonyl (C=O) groups is 1. The minimum Gasteiger partial charge on any atom is -0.496 e. The molecule has 0 radical (unpaired) electrons. The number of benzene rings is 1. The standard InChI is InChI=1S/C10H12N2O5/c1-17-9-4-6(12(15)16)2-3-7(9)8(5-11)10(13)14/h2-4,8H,5,11H2,1H3,(H,13,14). The summed E-state index contributed by atoms with van der Waals surface area (Å²) in [5.74, 6) is -1.89. The summed E-state index contributed by atoms with van der Waals surface area (Å²) in [6.07, 6.45) is 0. The van der Waals surface area contributed by atoms with Gasteiger partial charge in [-0.15, -0.1) is 0 Å². The van der Waals surface area contributed by atoms with Crippen LogP contribution in [0.5, 0.6) is 5.75 Å². The van der Waals surface area contributed by atoms with Crippen molar-refractivity contribution in [2.45, 2.75) is 5.92 Å². The quantitative estimate of drug-likeness (QED) is 0.579. The number of non-ortho nitro benzene ring substituents is 1. The number of rotatable bonds is 5. The first kappa shape index (κ1) is 12.9. The molecule has 1 aromatic rings. The van der Waals surface area contributed by atoms with E-state index in [2.05, 4.69) is 0 Å². The second-order valence-corrected chi connectivity index (χ2v) is 3.31. The Hall–Kier alpha value is -2.15. The van der Waals surface area contributed by atoms with Gasteiger partial charge in [-0.2, -0.15) is 0 Å². The van der Waals surface area contributed by atoms with Gasteiger partial charge in [0, 0.05) is 18.2 Å². The van der Waals surface area contributed by atoms with Gasteiger partial charge in [0.25, 0.3) is 5.69 Å². The highest BCUT2D eigenvalue weighted by atomic mass is 16.6. The number of methoxy groups -OCH3 is 1. The molecule has 0 fully saturated rings. The molecule has 3 N–H and O–H groups in total. The van der Waals surface area contributed by atoms with Crippen molar-refractivity contribution in [3.63, 3.8) is 0 Å². The Morgan fingerprint density at radius 1 is 1.65 bits per heavy atom. The number of nitrogens with two attached hydrogens (primary N) is 1. The number of carboxylic acid groups (broad SMARTS) is 1. The zero-order valence-electron chi connectivity index (χ0n) is 9.12. The van der Waals surface area contributed by atoms with Crippen LogP contribution in [0.2, 0.25) is 0 Å². The molecule has 1 unspecified atom stereocenters. The monoisotopic (exact) mass is 240 g/mol. The lowest BCUT2D eigenvalue weighted by atomic mass is 9.98. The van der Waals surface area contributed by atoms with Crippen molar-refractivity contribution in [3.8, 4) is 5.75 Å². The molecule has 7 nitrogen and oxygen atoms in total. The zero-order chi connectivity index (χ0) is 13.0. The number of hydrogen-bond donors (Lipinski definition) is 2. The van der Waals surface area contributed by atoms with Gasteiger partial charge in [-0.3, -0.25) is 14.9 Å². The van der Waals surface area contributed by atoms with Gasteiger partial charge in [0.1, 0.15) is 5.75 Å². The van der Waals surface area contributed by atoms with Crippen LogP contribution in [0.25, 0.3) is 0 Å². The third-order valence-electron chi connectivity index (χ3n) is 2.34. The van der Waals surface area contributed by atoms with E-state index in [4.69, 9.17) is 15.6 Å². The van der Waals surface area contributed by atoms with Crippen LogP contribution in [0, 0.1) is 10.1 Å². The predicted octanol–water partition coefficient (Wildman–Crippen LogP) is 0.730. The summed E-state index contributed by atoms with van der Waals surface area (Å²) in [7, 11) is 1.32. The fraction of sp³-hybridized carbons (Fsp3) is 0.300. The SMILES string of the molecule is COc1cc([N+](=O)[O-])ccc1C(CN)C(=O)O. The number of nitrogens with zero attached hydrogens (tertiary/aromatic N) is 1. The number of aliphatic carboxylic acids is 1. The molecular formula is C10H12N2O5. The van der Waals surface area contributed by atoms with Crippen molar-refractivity contribution in [1.82, 2.24) is 0 Å². The molecule has 0 amide bonds. The van der Waals surface area contributed by atoms with Gasteiger partial charge in [-0.05, 0) is 6.07 Å². The molecule has 0 aliphatic heterocycles. The van der Waals surface area contributed by atoms with Crippen LogP contribution < -0.4 is 10.5 Å². The molecule has 0 bridgehead atoms. The van der Waals surface area contributed by atoms with Gasteiger partial charge in [0.2, 0.25) is 0 Å². The van der Waals surface area contributed by atoms with E-state index in [0.717, 1.165) is 0 Å². The average Bonchev–Trinajstić information content (AvgIpc) is 2.29. The summed E-state index contributed by atoms with van der Waals surface area (Å²) in [5.41, 5.74) is 5.52. The topological polar surface area (TPSA) is 116 Å². The third kappa shape index (κ3) is 2.70. The maximum absolute atomic E-state index is 10.9. The highest BCUT2D eigenvalue weighted by Crippen LogP contribution is 2.30. The summed E-state index contributed by atoms with van der Waals surface area (Å²) in [6, 6.07) is 3.76. The van der Waals surface area contributed by atoms with E-state index in [1.165, 1.54) is 25.3 Å². The molecular weight excluding hydrogens is 228 g/mol. The Labute approximate surface area is 97.0 Å². The van der Waals surface area contributed by atoms with Crippen LogP contribution in [0.3, 0.4) is 0 Å². The number of ether oxygens (including phenoxy) is 1. The molecule has 0 spiro atoms. The van der Waals surface area contributed by atoms with E-state index >= 15 is 0 Å². The molecule has 1 rings (SSSR count). The van der Waals surface area contributed by atoms with Crippen molar-refractivity contribution in [2.24, 2.45) is 5.73 Å². The first-order valence-corrected chi connectivity index (χ1v) is 4.76. The van der Waals surface area contributed by atoms with Crippen molar-refractivity contribution < 1.29 is 19.6 Å². The zero-order valence-corrected chi connectivity index (χ0v) is 9.12. The summed E-state index contributed by atoms with van der Waals surface area (Å²) in [6.45, 7) is -0.108. The Bertz CT molecular complexity index is 446. The highest BCUT2D eigenvalue weighted by Gasteiger charge is 2.23. The van der Waals surface area contributed by atoms with E-state index in [9.17, 15) is 14.9 Å². The molecule has 92 valence electrons. The van der Waals surface area contributed by atoms with Crippen LogP contribution in [-0.2, 0) is 4.79 Å². The van der Waals surface area contributed by atoms with E-state index in [1.54, 1.807) is 0 Å². The first-order valence-electron chi connectivity index (χ1n) is 4.76. The second-order valence-electron chi connectivity index (χ2n) is 3.31. The summed E-state index contributed by atoms with van der Waals surface area (Å²) >= 11 is 0. The van der Waals surface area contributed by atoms with Gasteiger partial charge < -0.3 is 15.6 Å². The normalized spacial score (nSPS) is 11.9. The van der Waals surface area contributed by atoms with Crippen molar-refractivity contribution >= 4 is 11.7 Å². The second kappa shape index (κ2) is 5.26. The third-order valence-corrected chi connectivity index (χ3v) is 2.34. The molecule has 0 saturated carbocycles. The lowest BCUT2D eigenvalue weighted by Gasteiger charge is -2.13. The van der Waals surface area contributed by atoms with Crippen molar-refractivity contribution in [2.75, 3.05) is 13.7 Å². The number of nitro benzene ring substituents is 1. The van der Waals surface area contributed by atoms with Gasteiger partial charge in [-0.25, -0.2) is 0 Å². The van der Waals surface area contributed by atoms with Crippen molar-refractivity contribution in [1.29, 1.82) is 0 Å². The van der Waals surface area contributed by atoms with Gasteiger partial charge in [-0.1, -0.05) is 0 Å². The Morgan fingerprint density at radius 3 is 2.71 bits per heavy atom. The van der Waals surface area contributed by atoms with E-state index in [0.29, 0.717) is 5.56 Å². The van der Waals surface area contributed by atoms with Crippen molar-refractivity contribution in [3.05, 3.63) is 33.9 Å². The molecule has 0 saturated heterocycles. The number of nitro groups is 1.